The molecule has 2 saturated heterocycles. The van der Waals surface area contributed by atoms with Crippen molar-refractivity contribution in [3.63, 3.8) is 0 Å². The van der Waals surface area contributed by atoms with Gasteiger partial charge in [-0.3, -0.25) is 4.79 Å². The number of ether oxygens (including phenoxy) is 2. The van der Waals surface area contributed by atoms with Crippen molar-refractivity contribution in [2.45, 2.75) is 95.4 Å². The number of carbonyl (C=O) groups is 2. The number of aliphatic hydroxyl groups excluding tert-OH is 1. The summed E-state index contributed by atoms with van der Waals surface area (Å²) in [5, 5.41) is 10.8. The normalized spacial score (nSPS) is 32.7. The molecule has 1 amide bonds. The first-order valence-electron chi connectivity index (χ1n) is 14.9. The van der Waals surface area contributed by atoms with Crippen LogP contribution in [0.15, 0.2) is 52.7 Å². The van der Waals surface area contributed by atoms with Gasteiger partial charge in [-0.2, -0.15) is 0 Å². The van der Waals surface area contributed by atoms with Gasteiger partial charge in [0.15, 0.2) is 5.76 Å². The maximum atomic E-state index is 13.8. The molecule has 214 valence electrons. The zero-order chi connectivity index (χ0) is 27.9. The Hall–Kier alpha value is -2.90. The van der Waals surface area contributed by atoms with Crippen LogP contribution in [0.4, 0.5) is 4.79 Å². The lowest BCUT2D eigenvalue weighted by Crippen LogP contribution is -2.48. The number of carbonyl (C=O) groups excluding carboxylic acids is 2. The third-order valence-corrected chi connectivity index (χ3v) is 10.1. The Morgan fingerprint density at radius 2 is 2.05 bits per heavy atom. The van der Waals surface area contributed by atoms with E-state index in [4.69, 9.17) is 13.9 Å². The highest BCUT2D eigenvalue weighted by Crippen LogP contribution is 2.61. The van der Waals surface area contributed by atoms with Gasteiger partial charge in [0.2, 0.25) is 5.78 Å². The number of nitrogens with zero attached hydrogens (tertiary/aromatic N) is 1. The molecule has 1 spiro atoms. The molecule has 5 aliphatic rings. The maximum absolute atomic E-state index is 13.8. The second kappa shape index (κ2) is 10.8. The van der Waals surface area contributed by atoms with Gasteiger partial charge in [-0.1, -0.05) is 30.7 Å². The monoisotopic (exact) mass is 547 g/mol. The number of rotatable bonds is 4. The number of benzene rings is 1. The number of allylic oxidation sites excluding steroid dienone is 2. The van der Waals surface area contributed by atoms with Crippen molar-refractivity contribution in [1.82, 2.24) is 4.90 Å². The quantitative estimate of drug-likeness (QED) is 0.363. The van der Waals surface area contributed by atoms with Crippen LogP contribution in [0.5, 0.6) is 0 Å². The van der Waals surface area contributed by atoms with Gasteiger partial charge in [-0.15, -0.1) is 0 Å². The molecule has 2 bridgehead atoms. The lowest BCUT2D eigenvalue weighted by Gasteiger charge is -2.43. The van der Waals surface area contributed by atoms with E-state index in [1.54, 1.807) is 12.1 Å². The molecule has 0 unspecified atom stereocenters. The molecular weight excluding hydrogens is 506 g/mol. The molecule has 40 heavy (non-hydrogen) atoms. The summed E-state index contributed by atoms with van der Waals surface area (Å²) < 4.78 is 17.8. The van der Waals surface area contributed by atoms with E-state index in [-0.39, 0.29) is 29.3 Å². The average molecular weight is 548 g/mol. The first-order valence-corrected chi connectivity index (χ1v) is 14.9. The fraction of sp³-hybridized carbons (Fsp3) is 0.576. The molecule has 3 fully saturated rings. The second-order valence-corrected chi connectivity index (χ2v) is 12.6. The molecule has 1 aromatic heterocycles. The van der Waals surface area contributed by atoms with Gasteiger partial charge in [-0.25, -0.2) is 4.79 Å². The zero-order valence-corrected chi connectivity index (χ0v) is 23.7. The Kier molecular flexibility index (Phi) is 7.38. The highest BCUT2D eigenvalue weighted by molar-refractivity contribution is 6.08. The fourth-order valence-electron chi connectivity index (χ4n) is 7.70. The summed E-state index contributed by atoms with van der Waals surface area (Å²) in [4.78, 5) is 28.9. The van der Waals surface area contributed by atoms with Crippen molar-refractivity contribution in [2.24, 2.45) is 5.41 Å². The predicted octanol–water partition coefficient (Wildman–Crippen LogP) is 6.19. The summed E-state index contributed by atoms with van der Waals surface area (Å²) >= 11 is 0. The molecule has 0 radical (unpaired) electrons. The Morgan fingerprint density at radius 1 is 1.18 bits per heavy atom. The number of furan rings is 1. The molecule has 3 heterocycles. The average Bonchev–Trinajstić information content (AvgIpc) is 3.73. The number of amides is 1. The number of hydrogen-bond donors (Lipinski definition) is 1. The van der Waals surface area contributed by atoms with Crippen LogP contribution in [-0.4, -0.2) is 59.4 Å². The molecule has 7 heteroatoms. The van der Waals surface area contributed by atoms with Gasteiger partial charge in [-0.05, 0) is 100.0 Å². The summed E-state index contributed by atoms with van der Waals surface area (Å²) in [5.74, 6) is 0.182. The van der Waals surface area contributed by atoms with Gasteiger partial charge in [0.1, 0.15) is 5.60 Å². The Bertz CT molecular complexity index is 1280. The van der Waals surface area contributed by atoms with Crippen molar-refractivity contribution in [2.75, 3.05) is 19.7 Å². The minimum atomic E-state index is -0.633. The Balaban J connectivity index is 1.41. The van der Waals surface area contributed by atoms with E-state index in [0.29, 0.717) is 37.3 Å². The Labute approximate surface area is 236 Å². The van der Waals surface area contributed by atoms with Crippen molar-refractivity contribution >= 4 is 11.9 Å². The first kappa shape index (κ1) is 27.3. The molecule has 2 aromatic rings. The first-order chi connectivity index (χ1) is 19.3. The van der Waals surface area contributed by atoms with Crippen LogP contribution < -0.4 is 0 Å². The number of hydrogen-bond acceptors (Lipinski definition) is 6. The molecule has 1 aromatic carbocycles. The van der Waals surface area contributed by atoms with Gasteiger partial charge < -0.3 is 23.9 Å². The second-order valence-electron chi connectivity index (χ2n) is 12.6. The summed E-state index contributed by atoms with van der Waals surface area (Å²) in [5.41, 5.74) is 2.80. The number of ketones is 1. The number of aliphatic hydroxyl groups is 1. The SMILES string of the molecule is CC1=CCC[C@@]2(C)[C@@H](CC[C@@]23CN(C[C@H]2CCCO2)C(=O)O3)c2ccc(cc2C(=O)c2ccco2)C[C@@H](O)CC1. The third-order valence-electron chi connectivity index (χ3n) is 10.1. The third kappa shape index (κ3) is 4.92. The molecule has 2 aliphatic heterocycles. The maximum Gasteiger partial charge on any atom is 0.410 e. The zero-order valence-electron chi connectivity index (χ0n) is 23.7. The van der Waals surface area contributed by atoms with Crippen molar-refractivity contribution in [3.05, 3.63) is 70.7 Å². The van der Waals surface area contributed by atoms with Crippen molar-refractivity contribution < 1.29 is 28.6 Å². The van der Waals surface area contributed by atoms with Crippen molar-refractivity contribution in [3.8, 4) is 0 Å². The van der Waals surface area contributed by atoms with Crippen LogP contribution in [-0.2, 0) is 15.9 Å². The van der Waals surface area contributed by atoms with E-state index in [1.165, 1.54) is 11.8 Å². The van der Waals surface area contributed by atoms with Crippen LogP contribution >= 0.6 is 0 Å². The lowest BCUT2D eigenvalue weighted by molar-refractivity contribution is -0.0374. The minimum absolute atomic E-state index is 0.0208. The Morgan fingerprint density at radius 3 is 2.83 bits per heavy atom. The molecule has 5 atom stereocenters. The predicted molar refractivity (Wildman–Crippen MR) is 150 cm³/mol. The summed E-state index contributed by atoms with van der Waals surface area (Å²) in [6.07, 6.45) is 10.4. The molecule has 3 aliphatic carbocycles. The van der Waals surface area contributed by atoms with E-state index in [9.17, 15) is 14.7 Å². The summed E-state index contributed by atoms with van der Waals surface area (Å²) in [7, 11) is 0. The van der Waals surface area contributed by atoms with Crippen LogP contribution in [0.3, 0.4) is 0 Å². The van der Waals surface area contributed by atoms with Crippen LogP contribution in [0, 0.1) is 5.41 Å². The van der Waals surface area contributed by atoms with Crippen molar-refractivity contribution in [1.29, 1.82) is 0 Å². The molecule has 7 rings (SSSR count). The van der Waals surface area contributed by atoms with Gasteiger partial charge in [0, 0.05) is 17.6 Å². The van der Waals surface area contributed by atoms with E-state index >= 15 is 0 Å². The molecule has 7 nitrogen and oxygen atoms in total. The summed E-state index contributed by atoms with van der Waals surface area (Å²) in [6, 6.07) is 9.52. The smallest absolute Gasteiger partial charge is 0.410 e. The van der Waals surface area contributed by atoms with Gasteiger partial charge in [0.25, 0.3) is 0 Å². The van der Waals surface area contributed by atoms with E-state index in [2.05, 4.69) is 32.1 Å². The molecular formula is C33H41NO6. The minimum Gasteiger partial charge on any atom is -0.461 e. The lowest BCUT2D eigenvalue weighted by atomic mass is 9.65. The molecule has 1 saturated carbocycles. The van der Waals surface area contributed by atoms with E-state index in [0.717, 1.165) is 62.7 Å². The highest BCUT2D eigenvalue weighted by Gasteiger charge is 2.64. The highest BCUT2D eigenvalue weighted by atomic mass is 16.6. The van der Waals surface area contributed by atoms with Gasteiger partial charge >= 0.3 is 6.09 Å². The van der Waals surface area contributed by atoms with Crippen LogP contribution in [0.1, 0.15) is 98.4 Å². The number of fused-ring (bicyclic) bond motifs is 8. The van der Waals surface area contributed by atoms with Crippen LogP contribution in [0.2, 0.25) is 0 Å². The van der Waals surface area contributed by atoms with Gasteiger partial charge in [0.05, 0.1) is 31.6 Å². The largest absolute Gasteiger partial charge is 0.461 e. The summed E-state index contributed by atoms with van der Waals surface area (Å²) in [6.45, 7) is 6.27. The molecule has 1 N–H and O–H groups in total. The fourth-order valence-corrected chi connectivity index (χ4v) is 7.70. The van der Waals surface area contributed by atoms with Crippen LogP contribution in [0.25, 0.3) is 0 Å². The standard InChI is InChI=1S/C33H41NO6/c1-22-6-3-14-32(2)28(13-15-33(32)21-34(31(37)40-33)20-25-7-4-16-38-25)26-12-10-23(18-24(35)11-9-22)19-27(26)30(36)29-8-5-17-39-29/h5-6,8,10,12,17,19,24-25,28,35H,3-4,7,9,11,13-16,18,20-21H2,1-2H3/t24-,25+,28-,32-,33+/m0/s1. The topological polar surface area (TPSA) is 89.2 Å². The van der Waals surface area contributed by atoms with E-state index in [1.807, 2.05) is 11.0 Å². The van der Waals surface area contributed by atoms with E-state index < -0.39 is 11.7 Å².